The third kappa shape index (κ3) is 3.64. The van der Waals surface area contributed by atoms with Crippen molar-refractivity contribution in [1.29, 1.82) is 0 Å². The second kappa shape index (κ2) is 7.46. The molecule has 16 heavy (non-hydrogen) atoms. The van der Waals surface area contributed by atoms with E-state index in [-0.39, 0.29) is 30.3 Å². The van der Waals surface area contributed by atoms with Crippen molar-refractivity contribution in [3.8, 4) is 0 Å². The van der Waals surface area contributed by atoms with Crippen LogP contribution < -0.4 is 10.6 Å². The van der Waals surface area contributed by atoms with Crippen LogP contribution in [0.4, 0.5) is 0 Å². The molecule has 1 rings (SSSR count). The Hall–Kier alpha value is -0.810. The zero-order valence-electron chi connectivity index (χ0n) is 9.78. The van der Waals surface area contributed by atoms with Crippen molar-refractivity contribution < 1.29 is 9.59 Å². The van der Waals surface area contributed by atoms with Crippen molar-refractivity contribution in [3.05, 3.63) is 0 Å². The van der Waals surface area contributed by atoms with Crippen LogP contribution in [0.25, 0.3) is 0 Å². The minimum Gasteiger partial charge on any atom is -0.353 e. The fourth-order valence-corrected chi connectivity index (χ4v) is 1.79. The molecule has 1 fully saturated rings. The Labute approximate surface area is 102 Å². The minimum atomic E-state index is -0.275. The molecule has 1 atom stereocenters. The maximum Gasteiger partial charge on any atom is 0.242 e. The lowest BCUT2D eigenvalue weighted by Gasteiger charge is -2.34. The fraction of sp³-hybridized carbons (Fsp3) is 0.800. The first-order valence-corrected chi connectivity index (χ1v) is 5.42. The van der Waals surface area contributed by atoms with E-state index < -0.39 is 0 Å². The lowest BCUT2D eigenvalue weighted by molar-refractivity contribution is -0.143. The number of rotatable bonds is 4. The Morgan fingerprint density at radius 1 is 1.62 bits per heavy atom. The first kappa shape index (κ1) is 15.2. The van der Waals surface area contributed by atoms with Crippen molar-refractivity contribution in [2.75, 3.05) is 26.7 Å². The van der Waals surface area contributed by atoms with Gasteiger partial charge in [0.25, 0.3) is 0 Å². The molecule has 0 aromatic heterocycles. The molecule has 1 heterocycles. The zero-order chi connectivity index (χ0) is 11.3. The van der Waals surface area contributed by atoms with Crippen LogP contribution in [-0.2, 0) is 9.59 Å². The highest BCUT2D eigenvalue weighted by molar-refractivity contribution is 5.88. The lowest BCUT2D eigenvalue weighted by Crippen LogP contribution is -2.57. The van der Waals surface area contributed by atoms with Crippen molar-refractivity contribution in [1.82, 2.24) is 15.5 Å². The van der Waals surface area contributed by atoms with E-state index in [4.69, 9.17) is 0 Å². The highest BCUT2D eigenvalue weighted by atomic mass is 35.5. The molecule has 0 bridgehead atoms. The SMILES string of the molecule is CCC1C(=O)NCCN1C(=O)CCNC.Cl. The Morgan fingerprint density at radius 3 is 2.88 bits per heavy atom. The number of halogens is 1. The average Bonchev–Trinajstić information content (AvgIpc) is 2.25. The molecular weight excluding hydrogens is 230 g/mol. The maximum absolute atomic E-state index is 11.8. The minimum absolute atomic E-state index is 0. The largest absolute Gasteiger partial charge is 0.353 e. The number of nitrogens with one attached hydrogen (secondary N) is 2. The third-order valence-electron chi connectivity index (χ3n) is 2.63. The van der Waals surface area contributed by atoms with Gasteiger partial charge in [0.1, 0.15) is 6.04 Å². The molecule has 0 radical (unpaired) electrons. The van der Waals surface area contributed by atoms with E-state index in [9.17, 15) is 9.59 Å². The van der Waals surface area contributed by atoms with E-state index >= 15 is 0 Å². The summed E-state index contributed by atoms with van der Waals surface area (Å²) in [6.07, 6.45) is 1.14. The van der Waals surface area contributed by atoms with Gasteiger partial charge in [-0.1, -0.05) is 6.92 Å². The molecule has 2 N–H and O–H groups in total. The van der Waals surface area contributed by atoms with Crippen molar-refractivity contribution in [3.63, 3.8) is 0 Å². The Bertz CT molecular complexity index is 248. The molecular formula is C10H20ClN3O2. The molecule has 0 aromatic carbocycles. The van der Waals surface area contributed by atoms with Crippen molar-refractivity contribution >= 4 is 24.2 Å². The number of hydrogen-bond acceptors (Lipinski definition) is 3. The molecule has 0 aliphatic carbocycles. The highest BCUT2D eigenvalue weighted by Crippen LogP contribution is 2.09. The summed E-state index contributed by atoms with van der Waals surface area (Å²) >= 11 is 0. The third-order valence-corrected chi connectivity index (χ3v) is 2.63. The standard InChI is InChI=1S/C10H19N3O2.ClH/c1-3-8-10(15)12-6-7-13(8)9(14)4-5-11-2;/h8,11H,3-7H2,1-2H3,(H,12,15);1H. The molecule has 1 saturated heterocycles. The van der Waals surface area contributed by atoms with Gasteiger partial charge in [-0.3, -0.25) is 9.59 Å². The van der Waals surface area contributed by atoms with Gasteiger partial charge in [0, 0.05) is 26.1 Å². The molecule has 0 saturated carbocycles. The van der Waals surface area contributed by atoms with Crippen LogP contribution in [0.3, 0.4) is 0 Å². The molecule has 6 heteroatoms. The average molecular weight is 250 g/mol. The number of hydrogen-bond donors (Lipinski definition) is 2. The van der Waals surface area contributed by atoms with Crippen LogP contribution in [0.1, 0.15) is 19.8 Å². The maximum atomic E-state index is 11.8. The summed E-state index contributed by atoms with van der Waals surface area (Å²) in [4.78, 5) is 25.0. The second-order valence-corrected chi connectivity index (χ2v) is 3.66. The Morgan fingerprint density at radius 2 is 2.31 bits per heavy atom. The molecule has 1 aliphatic rings. The van der Waals surface area contributed by atoms with Gasteiger partial charge in [0.05, 0.1) is 0 Å². The summed E-state index contributed by atoms with van der Waals surface area (Å²) in [6.45, 7) is 3.79. The highest BCUT2D eigenvalue weighted by Gasteiger charge is 2.30. The quantitative estimate of drug-likeness (QED) is 0.723. The molecule has 0 spiro atoms. The summed E-state index contributed by atoms with van der Waals surface area (Å²) in [6, 6.07) is -0.275. The van der Waals surface area contributed by atoms with Crippen LogP contribution >= 0.6 is 12.4 Å². The van der Waals surface area contributed by atoms with Gasteiger partial charge in [-0.25, -0.2) is 0 Å². The summed E-state index contributed by atoms with van der Waals surface area (Å²) in [5.41, 5.74) is 0. The van der Waals surface area contributed by atoms with E-state index in [2.05, 4.69) is 10.6 Å². The van der Waals surface area contributed by atoms with E-state index in [1.165, 1.54) is 0 Å². The van der Waals surface area contributed by atoms with Gasteiger partial charge in [0.2, 0.25) is 11.8 Å². The summed E-state index contributed by atoms with van der Waals surface area (Å²) in [5, 5.41) is 5.71. The predicted octanol–water partition coefficient (Wildman–Crippen LogP) is -0.245. The molecule has 1 aliphatic heterocycles. The Kier molecular flexibility index (Phi) is 7.08. The lowest BCUT2D eigenvalue weighted by atomic mass is 10.1. The van der Waals surface area contributed by atoms with Gasteiger partial charge in [-0.05, 0) is 13.5 Å². The number of amides is 2. The molecule has 1 unspecified atom stereocenters. The first-order valence-electron chi connectivity index (χ1n) is 5.42. The Balaban J connectivity index is 0.00000225. The number of nitrogens with zero attached hydrogens (tertiary/aromatic N) is 1. The summed E-state index contributed by atoms with van der Waals surface area (Å²) in [7, 11) is 1.81. The molecule has 94 valence electrons. The van der Waals surface area contributed by atoms with E-state index in [0.717, 1.165) is 0 Å². The molecule has 5 nitrogen and oxygen atoms in total. The first-order chi connectivity index (χ1) is 7.20. The number of piperazine rings is 1. The number of carbonyl (C=O) groups is 2. The predicted molar refractivity (Wildman–Crippen MR) is 64.6 cm³/mol. The van der Waals surface area contributed by atoms with Crippen LogP contribution in [0.5, 0.6) is 0 Å². The summed E-state index contributed by atoms with van der Waals surface area (Å²) in [5.74, 6) is 0.0348. The number of carbonyl (C=O) groups excluding carboxylic acids is 2. The monoisotopic (exact) mass is 249 g/mol. The molecule has 0 aromatic rings. The van der Waals surface area contributed by atoms with E-state index in [0.29, 0.717) is 32.5 Å². The zero-order valence-corrected chi connectivity index (χ0v) is 10.6. The normalized spacial score (nSPS) is 20.0. The summed E-state index contributed by atoms with van der Waals surface area (Å²) < 4.78 is 0. The van der Waals surface area contributed by atoms with Crippen LogP contribution in [0.15, 0.2) is 0 Å². The van der Waals surface area contributed by atoms with Gasteiger partial charge >= 0.3 is 0 Å². The van der Waals surface area contributed by atoms with Crippen LogP contribution in [0, 0.1) is 0 Å². The van der Waals surface area contributed by atoms with E-state index in [1.807, 2.05) is 14.0 Å². The fourth-order valence-electron chi connectivity index (χ4n) is 1.79. The van der Waals surface area contributed by atoms with Gasteiger partial charge in [-0.15, -0.1) is 12.4 Å². The van der Waals surface area contributed by atoms with Crippen LogP contribution in [0.2, 0.25) is 0 Å². The van der Waals surface area contributed by atoms with Gasteiger partial charge < -0.3 is 15.5 Å². The second-order valence-electron chi connectivity index (χ2n) is 3.66. The van der Waals surface area contributed by atoms with Gasteiger partial charge in [-0.2, -0.15) is 0 Å². The topological polar surface area (TPSA) is 61.4 Å². The molecule has 2 amide bonds. The van der Waals surface area contributed by atoms with E-state index in [1.54, 1.807) is 4.90 Å². The smallest absolute Gasteiger partial charge is 0.242 e. The van der Waals surface area contributed by atoms with Crippen molar-refractivity contribution in [2.45, 2.75) is 25.8 Å². The van der Waals surface area contributed by atoms with Crippen LogP contribution in [-0.4, -0.2) is 49.4 Å². The van der Waals surface area contributed by atoms with Crippen molar-refractivity contribution in [2.24, 2.45) is 0 Å². The van der Waals surface area contributed by atoms with Gasteiger partial charge in [0.15, 0.2) is 0 Å².